The van der Waals surface area contributed by atoms with Crippen molar-refractivity contribution in [2.45, 2.75) is 31.7 Å². The molecule has 0 heterocycles. The van der Waals surface area contributed by atoms with Gasteiger partial charge in [0.1, 0.15) is 11.8 Å². The molecule has 0 saturated heterocycles. The summed E-state index contributed by atoms with van der Waals surface area (Å²) in [5, 5.41) is 3.93. The van der Waals surface area contributed by atoms with Crippen molar-refractivity contribution in [3.05, 3.63) is 58.1 Å². The highest BCUT2D eigenvalue weighted by Crippen LogP contribution is 2.24. The minimum absolute atomic E-state index is 0.105. The largest absolute Gasteiger partial charge is 0.496 e. The second-order valence-corrected chi connectivity index (χ2v) is 9.35. The summed E-state index contributed by atoms with van der Waals surface area (Å²) in [6.07, 6.45) is 1.47. The van der Waals surface area contributed by atoms with Gasteiger partial charge in [0, 0.05) is 0 Å². The van der Waals surface area contributed by atoms with E-state index in [2.05, 4.69) is 31.2 Å². The number of nitrogens with one attached hydrogen (secondary N) is 2. The number of nitrogens with zero attached hydrogens (tertiary/aromatic N) is 1. The molecule has 1 atom stereocenters. The van der Waals surface area contributed by atoms with Gasteiger partial charge < -0.3 is 4.74 Å². The molecule has 0 unspecified atom stereocenters. The van der Waals surface area contributed by atoms with Gasteiger partial charge >= 0.3 is 0 Å². The van der Waals surface area contributed by atoms with E-state index in [9.17, 15) is 13.2 Å². The lowest BCUT2D eigenvalue weighted by atomic mass is 10.1. The van der Waals surface area contributed by atoms with Crippen molar-refractivity contribution in [1.82, 2.24) is 10.1 Å². The van der Waals surface area contributed by atoms with Crippen molar-refractivity contribution in [2.24, 2.45) is 11.0 Å². The van der Waals surface area contributed by atoms with E-state index in [4.69, 9.17) is 4.74 Å². The van der Waals surface area contributed by atoms with E-state index >= 15 is 0 Å². The van der Waals surface area contributed by atoms with E-state index < -0.39 is 22.0 Å². The van der Waals surface area contributed by atoms with Crippen molar-refractivity contribution in [3.63, 3.8) is 0 Å². The predicted molar refractivity (Wildman–Crippen MR) is 117 cm³/mol. The Morgan fingerprint density at radius 3 is 2.38 bits per heavy atom. The highest BCUT2D eigenvalue weighted by Gasteiger charge is 2.28. The first-order chi connectivity index (χ1) is 13.6. The molecular weight excluding hydrogens is 458 g/mol. The number of ether oxygens (including phenoxy) is 1. The molecule has 0 fully saturated rings. The van der Waals surface area contributed by atoms with Crippen molar-refractivity contribution in [1.29, 1.82) is 0 Å². The van der Waals surface area contributed by atoms with Gasteiger partial charge in [-0.25, -0.2) is 13.8 Å². The van der Waals surface area contributed by atoms with Gasteiger partial charge in [-0.15, -0.1) is 0 Å². The second-order valence-electron chi connectivity index (χ2n) is 6.78. The van der Waals surface area contributed by atoms with E-state index in [0.717, 1.165) is 15.6 Å². The van der Waals surface area contributed by atoms with Gasteiger partial charge in [0.25, 0.3) is 5.91 Å². The Morgan fingerprint density at radius 1 is 1.17 bits per heavy atom. The van der Waals surface area contributed by atoms with Crippen LogP contribution >= 0.6 is 15.9 Å². The number of hydrogen-bond acceptors (Lipinski definition) is 5. The molecule has 29 heavy (non-hydrogen) atoms. The molecule has 2 N–H and O–H groups in total. The Labute approximate surface area is 179 Å². The summed E-state index contributed by atoms with van der Waals surface area (Å²) in [5.74, 6) is -0.142. The van der Waals surface area contributed by atoms with Crippen LogP contribution in [0.4, 0.5) is 0 Å². The number of aryl methyl sites for hydroxylation is 1. The molecule has 2 rings (SSSR count). The van der Waals surface area contributed by atoms with Crippen LogP contribution in [-0.4, -0.2) is 33.7 Å². The van der Waals surface area contributed by atoms with E-state index in [0.29, 0.717) is 5.75 Å². The van der Waals surface area contributed by atoms with Crippen LogP contribution in [0.5, 0.6) is 5.75 Å². The van der Waals surface area contributed by atoms with E-state index in [-0.39, 0.29) is 10.8 Å². The summed E-state index contributed by atoms with van der Waals surface area (Å²) in [6.45, 7) is 5.38. The number of sulfonamides is 1. The molecule has 0 aliphatic rings. The molecule has 0 bridgehead atoms. The first-order valence-corrected chi connectivity index (χ1v) is 11.2. The third-order valence-electron chi connectivity index (χ3n) is 4.13. The quantitative estimate of drug-likeness (QED) is 0.446. The normalized spacial score (nSPS) is 12.9. The van der Waals surface area contributed by atoms with Crippen molar-refractivity contribution in [3.8, 4) is 5.75 Å². The average Bonchev–Trinajstić information content (AvgIpc) is 2.66. The molecule has 1 amide bonds. The molecule has 0 aliphatic heterocycles. The number of hydrogen-bond donors (Lipinski definition) is 2. The maximum atomic E-state index is 12.6. The van der Waals surface area contributed by atoms with Gasteiger partial charge in [0.15, 0.2) is 0 Å². The lowest BCUT2D eigenvalue weighted by Crippen LogP contribution is -2.48. The number of carbonyl (C=O) groups is 1. The highest BCUT2D eigenvalue weighted by atomic mass is 79.9. The van der Waals surface area contributed by atoms with Crippen LogP contribution in [0.2, 0.25) is 0 Å². The van der Waals surface area contributed by atoms with Crippen LogP contribution in [0.3, 0.4) is 0 Å². The van der Waals surface area contributed by atoms with Crippen LogP contribution in [0.15, 0.2) is 56.9 Å². The molecule has 0 saturated carbocycles. The molecule has 156 valence electrons. The highest BCUT2D eigenvalue weighted by molar-refractivity contribution is 9.10. The van der Waals surface area contributed by atoms with Crippen molar-refractivity contribution in [2.75, 3.05) is 7.11 Å². The lowest BCUT2D eigenvalue weighted by molar-refractivity contribution is -0.123. The monoisotopic (exact) mass is 481 g/mol. The zero-order valence-corrected chi connectivity index (χ0v) is 19.0. The Balaban J connectivity index is 2.09. The summed E-state index contributed by atoms with van der Waals surface area (Å²) < 4.78 is 33.6. The van der Waals surface area contributed by atoms with Crippen LogP contribution in [0.25, 0.3) is 0 Å². The SMILES string of the molecule is COc1ccc(/C=N\NC(=O)[C@H](NS(=O)(=O)c2ccc(C)cc2)C(C)C)cc1Br. The van der Waals surface area contributed by atoms with Gasteiger partial charge in [-0.1, -0.05) is 31.5 Å². The minimum Gasteiger partial charge on any atom is -0.496 e. The van der Waals surface area contributed by atoms with Crippen LogP contribution in [-0.2, 0) is 14.8 Å². The number of amides is 1. The number of rotatable bonds is 8. The van der Waals surface area contributed by atoms with E-state index in [1.165, 1.54) is 18.3 Å². The lowest BCUT2D eigenvalue weighted by Gasteiger charge is -2.20. The molecule has 0 aliphatic carbocycles. The third-order valence-corrected chi connectivity index (χ3v) is 6.20. The van der Waals surface area contributed by atoms with Gasteiger partial charge in [-0.05, 0) is 64.7 Å². The standard InChI is InChI=1S/C20H24BrN3O4S/c1-13(2)19(24-29(26,27)16-8-5-14(3)6-9-16)20(25)23-22-12-15-7-10-18(28-4)17(21)11-15/h5-13,19,24H,1-4H3,(H,23,25)/b22-12-/t19-/m1/s1. The minimum atomic E-state index is -3.84. The Bertz CT molecular complexity index is 989. The number of hydrazone groups is 1. The number of halogens is 1. The smallest absolute Gasteiger partial charge is 0.258 e. The first kappa shape index (κ1) is 23.1. The first-order valence-electron chi connectivity index (χ1n) is 8.89. The number of methoxy groups -OCH3 is 1. The Kier molecular flexibility index (Phi) is 7.95. The second kappa shape index (κ2) is 10.00. The molecule has 2 aromatic carbocycles. The zero-order valence-electron chi connectivity index (χ0n) is 16.6. The van der Waals surface area contributed by atoms with Gasteiger partial charge in [0.2, 0.25) is 10.0 Å². The summed E-state index contributed by atoms with van der Waals surface area (Å²) >= 11 is 3.38. The Hall–Kier alpha value is -2.23. The summed E-state index contributed by atoms with van der Waals surface area (Å²) in [7, 11) is -2.27. The molecule has 0 radical (unpaired) electrons. The van der Waals surface area contributed by atoms with Crippen molar-refractivity contribution < 1.29 is 17.9 Å². The third kappa shape index (κ3) is 6.38. The van der Waals surface area contributed by atoms with Gasteiger partial charge in [0.05, 0.1) is 22.7 Å². The fourth-order valence-electron chi connectivity index (χ4n) is 2.45. The fourth-order valence-corrected chi connectivity index (χ4v) is 4.35. The van der Waals surface area contributed by atoms with Crippen molar-refractivity contribution >= 4 is 38.1 Å². The average molecular weight is 482 g/mol. The number of carbonyl (C=O) groups excluding carboxylic acids is 1. The van der Waals surface area contributed by atoms with E-state index in [1.54, 1.807) is 51.3 Å². The predicted octanol–water partition coefficient (Wildman–Crippen LogP) is 3.22. The fraction of sp³-hybridized carbons (Fsp3) is 0.300. The maximum absolute atomic E-state index is 12.6. The summed E-state index contributed by atoms with van der Waals surface area (Å²) in [6, 6.07) is 10.8. The molecule has 0 aromatic heterocycles. The van der Waals surface area contributed by atoms with Crippen LogP contribution in [0, 0.1) is 12.8 Å². The molecule has 2 aromatic rings. The maximum Gasteiger partial charge on any atom is 0.258 e. The van der Waals surface area contributed by atoms with Crippen LogP contribution < -0.4 is 14.9 Å². The molecule has 0 spiro atoms. The molecular formula is C20H24BrN3O4S. The zero-order chi connectivity index (χ0) is 21.6. The topological polar surface area (TPSA) is 96.9 Å². The van der Waals surface area contributed by atoms with Crippen LogP contribution in [0.1, 0.15) is 25.0 Å². The molecule has 9 heteroatoms. The Morgan fingerprint density at radius 2 is 1.83 bits per heavy atom. The summed E-state index contributed by atoms with van der Waals surface area (Å²) in [5.41, 5.74) is 4.08. The van der Waals surface area contributed by atoms with E-state index in [1.807, 2.05) is 6.92 Å². The summed E-state index contributed by atoms with van der Waals surface area (Å²) in [4.78, 5) is 12.6. The van der Waals surface area contributed by atoms with Gasteiger partial charge in [-0.3, -0.25) is 4.79 Å². The molecule has 7 nitrogen and oxygen atoms in total. The number of benzene rings is 2. The van der Waals surface area contributed by atoms with Gasteiger partial charge in [-0.2, -0.15) is 9.82 Å².